The summed E-state index contributed by atoms with van der Waals surface area (Å²) >= 11 is 0. The lowest BCUT2D eigenvalue weighted by Gasteiger charge is -2.31. The van der Waals surface area contributed by atoms with E-state index in [2.05, 4.69) is 10.6 Å². The van der Waals surface area contributed by atoms with Crippen LogP contribution in [0.1, 0.15) is 28.8 Å². The molecule has 140 valence electrons. The molecule has 26 heavy (non-hydrogen) atoms. The van der Waals surface area contributed by atoms with Crippen LogP contribution in [0.5, 0.6) is 0 Å². The Labute approximate surface area is 153 Å². The standard InChI is InChI=1S/C19H26N4O3/c1-14-4-2-3-5-16(14)18(25)22-10-6-15(7-11-22)17(24)20-8-12-23-13-9-21-19(23)26/h2-5,15H,6-13H2,1H3,(H,20,24)(H,21,26). The van der Waals surface area contributed by atoms with E-state index < -0.39 is 0 Å². The highest BCUT2D eigenvalue weighted by Crippen LogP contribution is 2.20. The number of piperidine rings is 1. The van der Waals surface area contributed by atoms with Crippen LogP contribution in [0.3, 0.4) is 0 Å². The molecular formula is C19H26N4O3. The van der Waals surface area contributed by atoms with Gasteiger partial charge in [-0.1, -0.05) is 18.2 Å². The molecule has 2 aliphatic heterocycles. The van der Waals surface area contributed by atoms with Crippen molar-refractivity contribution in [2.75, 3.05) is 39.3 Å². The maximum Gasteiger partial charge on any atom is 0.317 e. The zero-order valence-corrected chi connectivity index (χ0v) is 15.2. The number of urea groups is 1. The number of benzene rings is 1. The van der Waals surface area contributed by atoms with E-state index in [9.17, 15) is 14.4 Å². The van der Waals surface area contributed by atoms with Gasteiger partial charge in [-0.15, -0.1) is 0 Å². The monoisotopic (exact) mass is 358 g/mol. The minimum absolute atomic E-state index is 0.0209. The van der Waals surface area contributed by atoms with Crippen LogP contribution in [0.2, 0.25) is 0 Å². The summed E-state index contributed by atoms with van der Waals surface area (Å²) in [7, 11) is 0. The van der Waals surface area contributed by atoms with Gasteiger partial charge in [0.15, 0.2) is 0 Å². The number of hydrogen-bond donors (Lipinski definition) is 2. The number of hydrogen-bond acceptors (Lipinski definition) is 3. The Balaban J connectivity index is 1.43. The maximum absolute atomic E-state index is 12.6. The van der Waals surface area contributed by atoms with E-state index in [1.165, 1.54) is 0 Å². The topological polar surface area (TPSA) is 81.8 Å². The summed E-state index contributed by atoms with van der Waals surface area (Å²) in [5, 5.41) is 5.66. The Bertz CT molecular complexity index is 683. The van der Waals surface area contributed by atoms with Crippen molar-refractivity contribution in [2.45, 2.75) is 19.8 Å². The SMILES string of the molecule is Cc1ccccc1C(=O)N1CCC(C(=O)NCCN2CCNC2=O)CC1. The van der Waals surface area contributed by atoms with Crippen molar-refractivity contribution in [1.29, 1.82) is 0 Å². The highest BCUT2D eigenvalue weighted by Gasteiger charge is 2.28. The van der Waals surface area contributed by atoms with E-state index in [1.807, 2.05) is 36.1 Å². The molecule has 0 aromatic heterocycles. The molecule has 1 aromatic rings. The van der Waals surface area contributed by atoms with Gasteiger partial charge in [0.25, 0.3) is 5.91 Å². The summed E-state index contributed by atoms with van der Waals surface area (Å²) in [5.74, 6) is -0.00192. The van der Waals surface area contributed by atoms with E-state index in [0.717, 1.165) is 11.1 Å². The van der Waals surface area contributed by atoms with Gasteiger partial charge in [0.1, 0.15) is 0 Å². The van der Waals surface area contributed by atoms with E-state index in [-0.39, 0.29) is 23.8 Å². The largest absolute Gasteiger partial charge is 0.354 e. The number of carbonyl (C=O) groups is 3. The van der Waals surface area contributed by atoms with E-state index in [0.29, 0.717) is 52.1 Å². The normalized spacial score (nSPS) is 18.0. The molecule has 2 fully saturated rings. The lowest BCUT2D eigenvalue weighted by Crippen LogP contribution is -2.44. The molecule has 0 aliphatic carbocycles. The second-order valence-electron chi connectivity index (χ2n) is 6.89. The molecule has 0 bridgehead atoms. The Morgan fingerprint density at radius 2 is 1.92 bits per heavy atom. The Hall–Kier alpha value is -2.57. The molecule has 7 nitrogen and oxygen atoms in total. The first-order valence-corrected chi connectivity index (χ1v) is 9.21. The molecule has 1 aromatic carbocycles. The van der Waals surface area contributed by atoms with Gasteiger partial charge in [-0.3, -0.25) is 9.59 Å². The highest BCUT2D eigenvalue weighted by molar-refractivity contribution is 5.95. The first kappa shape index (κ1) is 18.2. The second kappa shape index (κ2) is 8.21. The van der Waals surface area contributed by atoms with Gasteiger partial charge in [0, 0.05) is 50.7 Å². The zero-order chi connectivity index (χ0) is 18.5. The van der Waals surface area contributed by atoms with Crippen molar-refractivity contribution in [2.24, 2.45) is 5.92 Å². The number of nitrogens with zero attached hydrogens (tertiary/aromatic N) is 2. The van der Waals surface area contributed by atoms with E-state index >= 15 is 0 Å². The number of carbonyl (C=O) groups excluding carboxylic acids is 3. The summed E-state index contributed by atoms with van der Waals surface area (Å²) in [6, 6.07) is 7.52. The fourth-order valence-corrected chi connectivity index (χ4v) is 3.51. The molecule has 2 N–H and O–H groups in total. The van der Waals surface area contributed by atoms with Crippen molar-refractivity contribution >= 4 is 17.8 Å². The number of amides is 4. The van der Waals surface area contributed by atoms with Gasteiger partial charge >= 0.3 is 6.03 Å². The highest BCUT2D eigenvalue weighted by atomic mass is 16.2. The second-order valence-corrected chi connectivity index (χ2v) is 6.89. The number of nitrogens with one attached hydrogen (secondary N) is 2. The number of likely N-dealkylation sites (tertiary alicyclic amines) is 1. The van der Waals surface area contributed by atoms with Gasteiger partial charge in [-0.2, -0.15) is 0 Å². The van der Waals surface area contributed by atoms with Gasteiger partial charge in [-0.25, -0.2) is 4.79 Å². The molecule has 2 heterocycles. The van der Waals surface area contributed by atoms with Crippen molar-refractivity contribution < 1.29 is 14.4 Å². The molecular weight excluding hydrogens is 332 g/mol. The molecule has 0 unspecified atom stereocenters. The third kappa shape index (κ3) is 4.15. The molecule has 0 saturated carbocycles. The molecule has 4 amide bonds. The van der Waals surface area contributed by atoms with Crippen LogP contribution in [-0.4, -0.2) is 66.9 Å². The Kier molecular flexibility index (Phi) is 5.75. The van der Waals surface area contributed by atoms with Gasteiger partial charge in [0.05, 0.1) is 0 Å². The first-order chi connectivity index (χ1) is 12.6. The van der Waals surface area contributed by atoms with Crippen LogP contribution in [0, 0.1) is 12.8 Å². The predicted octanol–water partition coefficient (Wildman–Crippen LogP) is 0.989. The summed E-state index contributed by atoms with van der Waals surface area (Å²) in [6.07, 6.45) is 1.35. The molecule has 0 atom stereocenters. The number of aryl methyl sites for hydroxylation is 1. The van der Waals surface area contributed by atoms with Crippen molar-refractivity contribution in [1.82, 2.24) is 20.4 Å². The quantitative estimate of drug-likeness (QED) is 0.824. The lowest BCUT2D eigenvalue weighted by atomic mass is 9.95. The zero-order valence-electron chi connectivity index (χ0n) is 15.2. The molecule has 0 radical (unpaired) electrons. The summed E-state index contributed by atoms with van der Waals surface area (Å²) in [5.41, 5.74) is 1.71. The first-order valence-electron chi connectivity index (χ1n) is 9.21. The Morgan fingerprint density at radius 3 is 2.58 bits per heavy atom. The number of rotatable bonds is 5. The minimum atomic E-state index is -0.0673. The molecule has 0 spiro atoms. The molecule has 3 rings (SSSR count). The molecule has 2 saturated heterocycles. The van der Waals surface area contributed by atoms with Crippen molar-refractivity contribution in [3.8, 4) is 0 Å². The van der Waals surface area contributed by atoms with Gasteiger partial charge < -0.3 is 20.4 Å². The van der Waals surface area contributed by atoms with Crippen LogP contribution >= 0.6 is 0 Å². The summed E-state index contributed by atoms with van der Waals surface area (Å²) < 4.78 is 0. The van der Waals surface area contributed by atoms with Crippen LogP contribution in [0.25, 0.3) is 0 Å². The fourth-order valence-electron chi connectivity index (χ4n) is 3.51. The van der Waals surface area contributed by atoms with Gasteiger partial charge in [0.2, 0.25) is 5.91 Å². The average Bonchev–Trinajstić information content (AvgIpc) is 3.06. The van der Waals surface area contributed by atoms with Crippen LogP contribution in [0.4, 0.5) is 4.79 Å². The van der Waals surface area contributed by atoms with E-state index in [1.54, 1.807) is 4.90 Å². The predicted molar refractivity (Wildman–Crippen MR) is 97.8 cm³/mol. The smallest absolute Gasteiger partial charge is 0.317 e. The van der Waals surface area contributed by atoms with Crippen LogP contribution in [-0.2, 0) is 4.79 Å². The van der Waals surface area contributed by atoms with Crippen LogP contribution in [0.15, 0.2) is 24.3 Å². The summed E-state index contributed by atoms with van der Waals surface area (Å²) in [6.45, 7) is 5.48. The molecule has 2 aliphatic rings. The maximum atomic E-state index is 12.6. The van der Waals surface area contributed by atoms with Gasteiger partial charge in [-0.05, 0) is 31.4 Å². The third-order valence-corrected chi connectivity index (χ3v) is 5.15. The lowest BCUT2D eigenvalue weighted by molar-refractivity contribution is -0.126. The van der Waals surface area contributed by atoms with Crippen molar-refractivity contribution in [3.05, 3.63) is 35.4 Å². The third-order valence-electron chi connectivity index (χ3n) is 5.15. The van der Waals surface area contributed by atoms with E-state index in [4.69, 9.17) is 0 Å². The van der Waals surface area contributed by atoms with Crippen molar-refractivity contribution in [3.63, 3.8) is 0 Å². The van der Waals surface area contributed by atoms with Crippen LogP contribution < -0.4 is 10.6 Å². The molecule has 7 heteroatoms. The average molecular weight is 358 g/mol. The Morgan fingerprint density at radius 1 is 1.19 bits per heavy atom. The fraction of sp³-hybridized carbons (Fsp3) is 0.526. The summed E-state index contributed by atoms with van der Waals surface area (Å²) in [4.78, 5) is 39.9. The minimum Gasteiger partial charge on any atom is -0.354 e.